The molecule has 0 saturated heterocycles. The van der Waals surface area contributed by atoms with Crippen LogP contribution in [0, 0.1) is 23.2 Å². The van der Waals surface area contributed by atoms with Gasteiger partial charge in [0.2, 0.25) is 5.79 Å². The molecule has 330 valence electrons. The molecule has 1 aliphatic heterocycles. The summed E-state index contributed by atoms with van der Waals surface area (Å²) in [5, 5.41) is 24.9. The summed E-state index contributed by atoms with van der Waals surface area (Å²) in [6.07, 6.45) is 11.4. The SMILES string of the molecule is C=CCO[C@@]12Oc3ccc(Oc4ccc(SC)cc4)cc3[C@H]3[C@H](CCCCO)[C@@H](CCCCO)C=C(C(=NOCc4ccccc4)C[C@@H]1N(CCC)C(=O)OCC(C)(C)C)[C@H]32. The maximum Gasteiger partial charge on any atom is 0.410 e. The van der Waals surface area contributed by atoms with Crippen LogP contribution in [0.15, 0.2) is 107 Å². The van der Waals surface area contributed by atoms with Gasteiger partial charge in [-0.3, -0.25) is 4.90 Å². The second-order valence-corrected chi connectivity index (χ2v) is 18.5. The van der Waals surface area contributed by atoms with E-state index in [-0.39, 0.29) is 56.2 Å². The van der Waals surface area contributed by atoms with E-state index < -0.39 is 23.8 Å². The predicted octanol–water partition coefficient (Wildman–Crippen LogP) is 10.9. The number of carbonyl (C=O) groups excluding carboxylic acids is 1. The summed E-state index contributed by atoms with van der Waals surface area (Å²) in [5.41, 5.74) is 3.47. The van der Waals surface area contributed by atoms with E-state index in [0.717, 1.165) is 58.7 Å². The van der Waals surface area contributed by atoms with Gasteiger partial charge in [0.25, 0.3) is 0 Å². The van der Waals surface area contributed by atoms with Gasteiger partial charge in [-0.1, -0.05) is 88.2 Å². The number of thioether (sulfide) groups is 1. The van der Waals surface area contributed by atoms with E-state index in [4.69, 9.17) is 28.9 Å². The predicted molar refractivity (Wildman–Crippen MR) is 242 cm³/mol. The Kier molecular flexibility index (Phi) is 16.4. The van der Waals surface area contributed by atoms with Gasteiger partial charge in [-0.05, 0) is 109 Å². The standard InChI is InChI=1S/C50H66N2O8S/c1-7-26-52(48(55)56-34-49(3,4)5)45-32-43(51-58-33-35-16-10-9-11-17-35)41-30-36(18-12-14-27-53)40(19-13-15-28-54)46-42-31-38(59-37-20-23-39(61-6)24-21-37)22-25-44(42)60-50(45,47(41)46)57-29-8-2/h8-11,16-17,20-25,30-31,36,40,45-47,53-54H,2,7,12-15,18-19,26-29,32-34H2,1,3-6H3/t36-,40+,45-,46+,47+,50+/m0/s1. The number of fused-ring (bicyclic) bond motifs is 2. The fourth-order valence-corrected chi connectivity index (χ4v) is 9.64. The highest BCUT2D eigenvalue weighted by molar-refractivity contribution is 7.98. The van der Waals surface area contributed by atoms with Gasteiger partial charge in [0.05, 0.1) is 24.8 Å². The van der Waals surface area contributed by atoms with Crippen molar-refractivity contribution in [1.29, 1.82) is 0 Å². The second-order valence-electron chi connectivity index (χ2n) is 17.6. The van der Waals surface area contributed by atoms with Crippen LogP contribution in [-0.4, -0.2) is 78.0 Å². The van der Waals surface area contributed by atoms with E-state index in [9.17, 15) is 15.0 Å². The molecule has 1 amide bonds. The number of allylic oxidation sites excluding steroid dienone is 1. The fourth-order valence-electron chi connectivity index (χ4n) is 9.23. The minimum absolute atomic E-state index is 0.0853. The first-order chi connectivity index (χ1) is 29.5. The molecule has 3 aromatic carbocycles. The first kappa shape index (κ1) is 46.2. The lowest BCUT2D eigenvalue weighted by Gasteiger charge is -2.60. The summed E-state index contributed by atoms with van der Waals surface area (Å²) < 4.78 is 27.1. The van der Waals surface area contributed by atoms with Crippen LogP contribution in [0.5, 0.6) is 17.2 Å². The monoisotopic (exact) mass is 854 g/mol. The van der Waals surface area contributed by atoms with Crippen LogP contribution in [0.1, 0.15) is 96.1 Å². The average molecular weight is 855 g/mol. The number of unbranched alkanes of at least 4 members (excludes halogenated alkanes) is 2. The zero-order valence-corrected chi connectivity index (χ0v) is 37.5. The molecule has 0 bridgehead atoms. The molecule has 6 rings (SSSR count). The summed E-state index contributed by atoms with van der Waals surface area (Å²) in [6, 6.07) is 23.4. The summed E-state index contributed by atoms with van der Waals surface area (Å²) >= 11 is 1.68. The zero-order chi connectivity index (χ0) is 43.4. The number of benzene rings is 3. The van der Waals surface area contributed by atoms with Gasteiger partial charge in [0, 0.05) is 42.6 Å². The number of carbonyl (C=O) groups is 1. The number of oxime groups is 1. The molecular weight excluding hydrogens is 789 g/mol. The molecule has 11 heteroatoms. The number of ether oxygens (including phenoxy) is 4. The van der Waals surface area contributed by atoms with Crippen molar-refractivity contribution in [2.24, 2.45) is 28.3 Å². The van der Waals surface area contributed by atoms with Crippen LogP contribution < -0.4 is 9.47 Å². The Morgan fingerprint density at radius 2 is 1.72 bits per heavy atom. The number of rotatable bonds is 21. The van der Waals surface area contributed by atoms with Crippen LogP contribution in [0.25, 0.3) is 0 Å². The Labute approximate surface area is 367 Å². The van der Waals surface area contributed by atoms with Crippen LogP contribution in [0.2, 0.25) is 0 Å². The van der Waals surface area contributed by atoms with Crippen molar-refractivity contribution in [3.8, 4) is 17.2 Å². The molecule has 0 spiro atoms. The van der Waals surface area contributed by atoms with E-state index >= 15 is 0 Å². The smallest absolute Gasteiger partial charge is 0.410 e. The highest BCUT2D eigenvalue weighted by Gasteiger charge is 2.65. The Balaban J connectivity index is 1.57. The lowest BCUT2D eigenvalue weighted by molar-refractivity contribution is -0.255. The van der Waals surface area contributed by atoms with E-state index in [1.807, 2.05) is 75.4 Å². The molecule has 1 heterocycles. The third-order valence-corrected chi connectivity index (χ3v) is 12.6. The molecular formula is C50H66N2O8S. The lowest BCUT2D eigenvalue weighted by Crippen LogP contribution is -2.70. The molecule has 1 fully saturated rings. The Hall–Kier alpha value is -4.29. The molecule has 1 saturated carbocycles. The molecule has 61 heavy (non-hydrogen) atoms. The molecule has 10 nitrogen and oxygen atoms in total. The molecule has 3 aromatic rings. The summed E-state index contributed by atoms with van der Waals surface area (Å²) in [4.78, 5) is 23.7. The number of hydrogen-bond donors (Lipinski definition) is 2. The minimum atomic E-state index is -1.37. The van der Waals surface area contributed by atoms with Gasteiger partial charge in [0.1, 0.15) is 29.9 Å². The number of aliphatic hydroxyl groups is 2. The highest BCUT2D eigenvalue weighted by Crippen LogP contribution is 2.62. The van der Waals surface area contributed by atoms with E-state index in [1.54, 1.807) is 22.7 Å². The maximum atomic E-state index is 14.5. The average Bonchev–Trinajstić information content (AvgIpc) is 3.26. The van der Waals surface area contributed by atoms with Gasteiger partial charge < -0.3 is 34.0 Å². The van der Waals surface area contributed by atoms with Gasteiger partial charge in [-0.15, -0.1) is 18.3 Å². The Morgan fingerprint density at radius 1 is 1.00 bits per heavy atom. The van der Waals surface area contributed by atoms with Crippen LogP contribution in [0.4, 0.5) is 4.79 Å². The largest absolute Gasteiger partial charge is 0.459 e. The van der Waals surface area contributed by atoms with E-state index in [0.29, 0.717) is 43.7 Å². The Morgan fingerprint density at radius 3 is 2.39 bits per heavy atom. The van der Waals surface area contributed by atoms with E-state index in [1.165, 1.54) is 0 Å². The summed E-state index contributed by atoms with van der Waals surface area (Å²) in [7, 11) is 0. The van der Waals surface area contributed by atoms with Gasteiger partial charge in [0.15, 0.2) is 0 Å². The topological polar surface area (TPSA) is 119 Å². The van der Waals surface area contributed by atoms with Crippen molar-refractivity contribution in [2.45, 2.75) is 108 Å². The quantitative estimate of drug-likeness (QED) is 0.0467. The molecule has 0 unspecified atom stereocenters. The third kappa shape index (κ3) is 11.2. The van der Waals surface area contributed by atoms with Gasteiger partial charge >= 0.3 is 6.09 Å². The molecule has 3 aliphatic rings. The second kappa shape index (κ2) is 21.7. The molecule has 2 N–H and O–H groups in total. The fraction of sp³-hybridized carbons (Fsp3) is 0.520. The van der Waals surface area contributed by atoms with Gasteiger partial charge in [-0.25, -0.2) is 4.79 Å². The van der Waals surface area contributed by atoms with Crippen molar-refractivity contribution < 1.29 is 38.8 Å². The minimum Gasteiger partial charge on any atom is -0.459 e. The van der Waals surface area contributed by atoms with Crippen molar-refractivity contribution in [1.82, 2.24) is 4.90 Å². The highest BCUT2D eigenvalue weighted by atomic mass is 32.2. The van der Waals surface area contributed by atoms with Crippen molar-refractivity contribution in [2.75, 3.05) is 39.2 Å². The first-order valence-electron chi connectivity index (χ1n) is 22.0. The van der Waals surface area contributed by atoms with Crippen molar-refractivity contribution in [3.63, 3.8) is 0 Å². The van der Waals surface area contributed by atoms with Crippen LogP contribution in [0.3, 0.4) is 0 Å². The number of nitrogens with zero attached hydrogens (tertiary/aromatic N) is 2. The van der Waals surface area contributed by atoms with Gasteiger partial charge in [-0.2, -0.15) is 0 Å². The maximum absolute atomic E-state index is 14.5. The third-order valence-electron chi connectivity index (χ3n) is 11.9. The van der Waals surface area contributed by atoms with Crippen molar-refractivity contribution in [3.05, 3.63) is 108 Å². The molecule has 0 radical (unpaired) electrons. The molecule has 0 aromatic heterocycles. The number of aliphatic hydroxyl groups excluding tert-OH is 2. The summed E-state index contributed by atoms with van der Waals surface area (Å²) in [6.45, 7) is 13.6. The normalized spacial score (nSPS) is 23.6. The Bertz CT molecular complexity index is 1950. The number of amides is 1. The van der Waals surface area contributed by atoms with Crippen molar-refractivity contribution >= 4 is 23.6 Å². The first-order valence-corrected chi connectivity index (χ1v) is 23.3. The van der Waals surface area contributed by atoms with Crippen LogP contribution in [-0.2, 0) is 20.9 Å². The number of hydrogen-bond acceptors (Lipinski definition) is 10. The lowest BCUT2D eigenvalue weighted by atomic mass is 9.55. The molecule has 6 atom stereocenters. The zero-order valence-electron chi connectivity index (χ0n) is 36.7. The summed E-state index contributed by atoms with van der Waals surface area (Å²) in [5.74, 6) is 0.301. The van der Waals surface area contributed by atoms with Crippen LogP contribution >= 0.6 is 11.8 Å². The molecule has 2 aliphatic carbocycles. The van der Waals surface area contributed by atoms with E-state index in [2.05, 4.69) is 44.0 Å².